The molecule has 0 bridgehead atoms. The van der Waals surface area contributed by atoms with Gasteiger partial charge >= 0.3 is 5.97 Å². The molecule has 0 spiro atoms. The van der Waals surface area contributed by atoms with Crippen molar-refractivity contribution in [3.8, 4) is 11.5 Å². The van der Waals surface area contributed by atoms with E-state index in [9.17, 15) is 15.0 Å². The molecule has 1 aromatic carbocycles. The highest BCUT2D eigenvalue weighted by Gasteiger charge is 2.12. The SMILES string of the molecule is COC(=O)C(C)=CCc1c(C)c(O)cc(C)c1O. The van der Waals surface area contributed by atoms with Crippen LogP contribution in [-0.2, 0) is 16.0 Å². The van der Waals surface area contributed by atoms with Gasteiger partial charge in [-0.05, 0) is 44.4 Å². The van der Waals surface area contributed by atoms with E-state index in [1.807, 2.05) is 0 Å². The van der Waals surface area contributed by atoms with Gasteiger partial charge in [0, 0.05) is 11.1 Å². The number of phenols is 2. The lowest BCUT2D eigenvalue weighted by Gasteiger charge is -2.11. The summed E-state index contributed by atoms with van der Waals surface area (Å²) < 4.78 is 4.59. The molecule has 1 aromatic rings. The number of aromatic hydroxyl groups is 2. The summed E-state index contributed by atoms with van der Waals surface area (Å²) in [6.07, 6.45) is 2.04. The molecule has 0 atom stereocenters. The minimum absolute atomic E-state index is 0.143. The number of esters is 1. The zero-order valence-electron chi connectivity index (χ0n) is 11.1. The number of carbonyl (C=O) groups excluding carboxylic acids is 1. The Morgan fingerprint density at radius 1 is 1.39 bits per heavy atom. The first-order chi connectivity index (χ1) is 8.38. The lowest BCUT2D eigenvalue weighted by atomic mass is 9.99. The summed E-state index contributed by atoms with van der Waals surface area (Å²) in [6, 6.07) is 1.52. The van der Waals surface area contributed by atoms with Gasteiger partial charge in [0.1, 0.15) is 11.5 Å². The molecule has 0 amide bonds. The van der Waals surface area contributed by atoms with Crippen LogP contribution in [0.2, 0.25) is 0 Å². The fourth-order valence-electron chi connectivity index (χ4n) is 1.70. The Bertz CT molecular complexity index is 475. The minimum atomic E-state index is -0.399. The number of rotatable bonds is 3. The van der Waals surface area contributed by atoms with Crippen molar-refractivity contribution in [1.82, 2.24) is 0 Å². The third kappa shape index (κ3) is 2.83. The van der Waals surface area contributed by atoms with E-state index >= 15 is 0 Å². The van der Waals surface area contributed by atoms with Crippen molar-refractivity contribution >= 4 is 5.97 Å². The van der Waals surface area contributed by atoms with Crippen LogP contribution < -0.4 is 0 Å². The molecule has 0 saturated carbocycles. The summed E-state index contributed by atoms with van der Waals surface area (Å²) in [5, 5.41) is 19.7. The van der Waals surface area contributed by atoms with Crippen LogP contribution in [0.1, 0.15) is 23.6 Å². The molecule has 1 rings (SSSR count). The topological polar surface area (TPSA) is 66.8 Å². The summed E-state index contributed by atoms with van der Waals surface area (Å²) in [5.41, 5.74) is 2.32. The summed E-state index contributed by atoms with van der Waals surface area (Å²) >= 11 is 0. The maximum absolute atomic E-state index is 11.2. The number of phenolic OH excluding ortho intramolecular Hbond substituents is 2. The Balaban J connectivity index is 3.09. The van der Waals surface area contributed by atoms with E-state index in [0.717, 1.165) is 0 Å². The lowest BCUT2D eigenvalue weighted by molar-refractivity contribution is -0.136. The molecule has 18 heavy (non-hydrogen) atoms. The number of carbonyl (C=O) groups is 1. The second-order valence-corrected chi connectivity index (χ2v) is 4.25. The lowest BCUT2D eigenvalue weighted by Crippen LogP contribution is -2.02. The van der Waals surface area contributed by atoms with E-state index in [1.54, 1.807) is 26.8 Å². The first-order valence-corrected chi connectivity index (χ1v) is 5.64. The van der Waals surface area contributed by atoms with Crippen LogP contribution in [0.15, 0.2) is 17.7 Å². The molecule has 4 nitrogen and oxygen atoms in total. The van der Waals surface area contributed by atoms with Crippen molar-refractivity contribution in [2.24, 2.45) is 0 Å². The van der Waals surface area contributed by atoms with Gasteiger partial charge in [0.25, 0.3) is 0 Å². The number of hydrogen-bond donors (Lipinski definition) is 2. The maximum atomic E-state index is 11.2. The van der Waals surface area contributed by atoms with Crippen LogP contribution in [0, 0.1) is 13.8 Å². The van der Waals surface area contributed by atoms with E-state index in [2.05, 4.69) is 4.74 Å². The fraction of sp³-hybridized carbons (Fsp3) is 0.357. The molecule has 0 heterocycles. The molecule has 2 N–H and O–H groups in total. The van der Waals surface area contributed by atoms with Gasteiger partial charge in [-0.25, -0.2) is 4.79 Å². The van der Waals surface area contributed by atoms with Gasteiger partial charge in [-0.1, -0.05) is 6.08 Å². The van der Waals surface area contributed by atoms with Gasteiger partial charge in [0.05, 0.1) is 7.11 Å². The van der Waals surface area contributed by atoms with E-state index in [4.69, 9.17) is 0 Å². The third-order valence-corrected chi connectivity index (χ3v) is 2.97. The van der Waals surface area contributed by atoms with Crippen molar-refractivity contribution in [2.45, 2.75) is 27.2 Å². The number of methoxy groups -OCH3 is 1. The molecule has 4 heteroatoms. The molecule has 0 aromatic heterocycles. The summed E-state index contributed by atoms with van der Waals surface area (Å²) in [6.45, 7) is 5.09. The van der Waals surface area contributed by atoms with Gasteiger partial charge in [-0.15, -0.1) is 0 Å². The van der Waals surface area contributed by atoms with Gasteiger partial charge in [-0.3, -0.25) is 0 Å². The normalized spacial score (nSPS) is 11.4. The Kier molecular flexibility index (Phi) is 4.37. The van der Waals surface area contributed by atoms with Crippen LogP contribution in [0.4, 0.5) is 0 Å². The Morgan fingerprint density at radius 2 is 2.00 bits per heavy atom. The predicted molar refractivity (Wildman–Crippen MR) is 68.7 cm³/mol. The predicted octanol–water partition coefficient (Wildman–Crippen LogP) is 2.38. The summed E-state index contributed by atoms with van der Waals surface area (Å²) in [5.74, 6) is -0.104. The Hall–Kier alpha value is -1.97. The molecule has 0 saturated heterocycles. The van der Waals surface area contributed by atoms with Crippen molar-refractivity contribution < 1.29 is 19.7 Å². The highest BCUT2D eigenvalue weighted by molar-refractivity contribution is 5.87. The maximum Gasteiger partial charge on any atom is 0.333 e. The van der Waals surface area contributed by atoms with E-state index in [0.29, 0.717) is 28.7 Å². The van der Waals surface area contributed by atoms with Crippen molar-refractivity contribution in [3.05, 3.63) is 34.4 Å². The molecule has 0 radical (unpaired) electrons. The van der Waals surface area contributed by atoms with Crippen LogP contribution in [0.25, 0.3) is 0 Å². The average Bonchev–Trinajstić information content (AvgIpc) is 2.35. The van der Waals surface area contributed by atoms with Crippen LogP contribution in [-0.4, -0.2) is 23.3 Å². The molecule has 0 unspecified atom stereocenters. The highest BCUT2D eigenvalue weighted by Crippen LogP contribution is 2.32. The number of benzene rings is 1. The number of hydrogen-bond acceptors (Lipinski definition) is 4. The average molecular weight is 250 g/mol. The second-order valence-electron chi connectivity index (χ2n) is 4.25. The molecular weight excluding hydrogens is 232 g/mol. The smallest absolute Gasteiger partial charge is 0.333 e. The number of aryl methyl sites for hydroxylation is 1. The van der Waals surface area contributed by atoms with Gasteiger partial charge in [0.2, 0.25) is 0 Å². The van der Waals surface area contributed by atoms with Crippen LogP contribution in [0.3, 0.4) is 0 Å². The standard InChI is InChI=1S/C14H18O4/c1-8(14(17)18-4)5-6-11-10(3)12(15)7-9(2)13(11)16/h5,7,15-16H,6H2,1-4H3. The van der Waals surface area contributed by atoms with E-state index in [1.165, 1.54) is 13.2 Å². The fourth-order valence-corrected chi connectivity index (χ4v) is 1.70. The molecule has 0 fully saturated rings. The molecular formula is C14H18O4. The first-order valence-electron chi connectivity index (χ1n) is 5.64. The Morgan fingerprint density at radius 3 is 2.56 bits per heavy atom. The quantitative estimate of drug-likeness (QED) is 0.491. The Labute approximate surface area is 107 Å². The van der Waals surface area contributed by atoms with Crippen LogP contribution >= 0.6 is 0 Å². The van der Waals surface area contributed by atoms with E-state index < -0.39 is 5.97 Å². The zero-order chi connectivity index (χ0) is 13.9. The zero-order valence-corrected chi connectivity index (χ0v) is 11.1. The molecule has 0 aliphatic rings. The third-order valence-electron chi connectivity index (χ3n) is 2.97. The summed E-state index contributed by atoms with van der Waals surface area (Å²) in [7, 11) is 1.32. The number of allylic oxidation sites excluding steroid dienone is 1. The largest absolute Gasteiger partial charge is 0.508 e. The minimum Gasteiger partial charge on any atom is -0.508 e. The first kappa shape index (κ1) is 14.1. The van der Waals surface area contributed by atoms with Gasteiger partial charge in [0.15, 0.2) is 0 Å². The molecule has 98 valence electrons. The highest BCUT2D eigenvalue weighted by atomic mass is 16.5. The monoisotopic (exact) mass is 250 g/mol. The van der Waals surface area contributed by atoms with Crippen molar-refractivity contribution in [3.63, 3.8) is 0 Å². The summed E-state index contributed by atoms with van der Waals surface area (Å²) in [4.78, 5) is 11.2. The van der Waals surface area contributed by atoms with Gasteiger partial charge in [-0.2, -0.15) is 0 Å². The van der Waals surface area contributed by atoms with Gasteiger partial charge < -0.3 is 14.9 Å². The number of ether oxygens (including phenoxy) is 1. The second kappa shape index (κ2) is 5.58. The molecule has 0 aliphatic carbocycles. The van der Waals surface area contributed by atoms with Crippen molar-refractivity contribution in [2.75, 3.05) is 7.11 Å². The van der Waals surface area contributed by atoms with E-state index in [-0.39, 0.29) is 11.5 Å². The van der Waals surface area contributed by atoms with Crippen molar-refractivity contribution in [1.29, 1.82) is 0 Å². The van der Waals surface area contributed by atoms with Crippen LogP contribution in [0.5, 0.6) is 11.5 Å². The molecule has 0 aliphatic heterocycles.